The zero-order valence-electron chi connectivity index (χ0n) is 16.4. The Kier molecular flexibility index (Phi) is 6.29. The molecule has 3 rings (SSSR count). The molecule has 2 aromatic carbocycles. The highest BCUT2D eigenvalue weighted by Gasteiger charge is 2.24. The molecule has 1 saturated heterocycles. The summed E-state index contributed by atoms with van der Waals surface area (Å²) in [7, 11) is 0. The number of benzene rings is 2. The number of aryl methyl sites for hydroxylation is 2. The monoisotopic (exact) mass is 383 g/mol. The highest BCUT2D eigenvalue weighted by molar-refractivity contribution is 6.04. The van der Waals surface area contributed by atoms with E-state index >= 15 is 0 Å². The third kappa shape index (κ3) is 4.50. The van der Waals surface area contributed by atoms with Gasteiger partial charge in [0.1, 0.15) is 12.2 Å². The molecule has 2 amide bonds. The van der Waals surface area contributed by atoms with Crippen LogP contribution in [0.15, 0.2) is 42.5 Å². The number of hydrogen-bond acceptors (Lipinski definition) is 3. The fraction of sp³-hybridized carbons (Fsp3) is 0.364. The van der Waals surface area contributed by atoms with Gasteiger partial charge in [-0.3, -0.25) is 9.59 Å². The van der Waals surface area contributed by atoms with Crippen LogP contribution in [0.25, 0.3) is 0 Å². The Morgan fingerprint density at radius 3 is 2.43 bits per heavy atom. The second kappa shape index (κ2) is 8.87. The van der Waals surface area contributed by atoms with Gasteiger partial charge in [-0.25, -0.2) is 4.39 Å². The van der Waals surface area contributed by atoms with E-state index in [0.29, 0.717) is 31.9 Å². The number of nitrogens with zero attached hydrogens (tertiary/aromatic N) is 2. The minimum Gasteiger partial charge on any atom is -0.366 e. The van der Waals surface area contributed by atoms with E-state index in [0.717, 1.165) is 23.2 Å². The molecule has 1 aliphatic heterocycles. The van der Waals surface area contributed by atoms with Crippen LogP contribution in [0.3, 0.4) is 0 Å². The van der Waals surface area contributed by atoms with Crippen molar-refractivity contribution in [2.75, 3.05) is 36.4 Å². The first kappa shape index (κ1) is 19.9. The van der Waals surface area contributed by atoms with Gasteiger partial charge >= 0.3 is 0 Å². The summed E-state index contributed by atoms with van der Waals surface area (Å²) >= 11 is 0. The van der Waals surface area contributed by atoms with Gasteiger partial charge in [0.05, 0.1) is 5.69 Å². The van der Waals surface area contributed by atoms with Gasteiger partial charge in [-0.1, -0.05) is 37.3 Å². The Morgan fingerprint density at radius 2 is 1.75 bits per heavy atom. The molecule has 28 heavy (non-hydrogen) atoms. The lowest BCUT2D eigenvalue weighted by atomic mass is 10.1. The average Bonchev–Trinajstić information content (AvgIpc) is 2.70. The van der Waals surface area contributed by atoms with Gasteiger partial charge < -0.3 is 15.1 Å². The lowest BCUT2D eigenvalue weighted by Gasteiger charge is -2.36. The maximum Gasteiger partial charge on any atom is 0.233 e. The summed E-state index contributed by atoms with van der Waals surface area (Å²) < 4.78 is 13.9. The molecule has 0 unspecified atom stereocenters. The van der Waals surface area contributed by atoms with Gasteiger partial charge in [0.2, 0.25) is 11.8 Å². The van der Waals surface area contributed by atoms with Crippen molar-refractivity contribution in [2.24, 2.45) is 0 Å². The summed E-state index contributed by atoms with van der Waals surface area (Å²) in [6.07, 6.45) is 0.625. The lowest BCUT2D eigenvalue weighted by Crippen LogP contribution is -2.49. The molecule has 148 valence electrons. The van der Waals surface area contributed by atoms with E-state index in [1.54, 1.807) is 23.1 Å². The Morgan fingerprint density at radius 1 is 1.04 bits per heavy atom. The molecule has 6 heteroatoms. The van der Waals surface area contributed by atoms with Gasteiger partial charge in [-0.15, -0.1) is 0 Å². The number of para-hydroxylation sites is 2. The largest absolute Gasteiger partial charge is 0.366 e. The molecule has 0 bridgehead atoms. The molecule has 0 radical (unpaired) electrons. The smallest absolute Gasteiger partial charge is 0.233 e. The van der Waals surface area contributed by atoms with Crippen LogP contribution in [-0.2, 0) is 16.0 Å². The van der Waals surface area contributed by atoms with Crippen molar-refractivity contribution in [1.82, 2.24) is 4.90 Å². The number of amides is 2. The second-order valence-electron chi connectivity index (χ2n) is 7.01. The van der Waals surface area contributed by atoms with Gasteiger partial charge in [0, 0.05) is 31.9 Å². The van der Waals surface area contributed by atoms with Crippen molar-refractivity contribution in [3.63, 3.8) is 0 Å². The number of anilines is 2. The lowest BCUT2D eigenvalue weighted by molar-refractivity contribution is -0.134. The third-order valence-corrected chi connectivity index (χ3v) is 5.14. The summed E-state index contributed by atoms with van der Waals surface area (Å²) in [5.74, 6) is -0.755. The van der Waals surface area contributed by atoms with Crippen molar-refractivity contribution in [1.29, 1.82) is 0 Å². The number of halogens is 1. The molecule has 1 fully saturated rings. The molecular weight excluding hydrogens is 357 g/mol. The third-order valence-electron chi connectivity index (χ3n) is 5.14. The van der Waals surface area contributed by atoms with Crippen LogP contribution in [0.4, 0.5) is 15.8 Å². The number of piperazine rings is 1. The molecule has 0 saturated carbocycles. The van der Waals surface area contributed by atoms with Crippen LogP contribution in [0.1, 0.15) is 24.5 Å². The van der Waals surface area contributed by atoms with Crippen molar-refractivity contribution in [2.45, 2.75) is 26.7 Å². The van der Waals surface area contributed by atoms with E-state index < -0.39 is 0 Å². The highest BCUT2D eigenvalue weighted by Crippen LogP contribution is 2.22. The molecule has 0 aliphatic carbocycles. The summed E-state index contributed by atoms with van der Waals surface area (Å²) in [4.78, 5) is 28.5. The molecule has 2 aromatic rings. The quantitative estimate of drug-likeness (QED) is 0.806. The van der Waals surface area contributed by atoms with E-state index in [9.17, 15) is 14.0 Å². The minimum atomic E-state index is -0.300. The Hall–Kier alpha value is -2.89. The molecule has 0 aromatic heterocycles. The van der Waals surface area contributed by atoms with Gasteiger partial charge in [0.25, 0.3) is 0 Å². The molecule has 1 N–H and O–H groups in total. The Labute approximate surface area is 165 Å². The number of rotatable bonds is 5. The fourth-order valence-electron chi connectivity index (χ4n) is 3.54. The number of nitrogens with one attached hydrogen (secondary N) is 1. The van der Waals surface area contributed by atoms with Crippen LogP contribution < -0.4 is 10.2 Å². The summed E-state index contributed by atoms with van der Waals surface area (Å²) in [5, 5.41) is 2.90. The van der Waals surface area contributed by atoms with E-state index in [2.05, 4.69) is 5.32 Å². The summed E-state index contributed by atoms with van der Waals surface area (Å²) in [6.45, 7) is 6.03. The average molecular weight is 383 g/mol. The molecule has 0 spiro atoms. The predicted octanol–water partition coefficient (Wildman–Crippen LogP) is 3.37. The van der Waals surface area contributed by atoms with Crippen molar-refractivity contribution in [3.8, 4) is 0 Å². The predicted molar refractivity (Wildman–Crippen MR) is 109 cm³/mol. The number of carbonyl (C=O) groups is 2. The maximum absolute atomic E-state index is 13.9. The first-order valence-corrected chi connectivity index (χ1v) is 9.65. The van der Waals surface area contributed by atoms with Crippen LogP contribution in [-0.4, -0.2) is 42.9 Å². The zero-order valence-corrected chi connectivity index (χ0v) is 16.4. The topological polar surface area (TPSA) is 52.7 Å². The normalized spacial score (nSPS) is 14.1. The Balaban J connectivity index is 1.55. The number of hydrogen-bond donors (Lipinski definition) is 1. The van der Waals surface area contributed by atoms with Crippen LogP contribution >= 0.6 is 0 Å². The molecule has 1 aliphatic rings. The summed E-state index contributed by atoms with van der Waals surface area (Å²) in [6, 6.07) is 12.5. The van der Waals surface area contributed by atoms with Gasteiger partial charge in [-0.2, -0.15) is 0 Å². The fourth-order valence-corrected chi connectivity index (χ4v) is 3.54. The van der Waals surface area contributed by atoms with Crippen LogP contribution in [0.5, 0.6) is 0 Å². The SMILES string of the molecule is CCc1cccc(C)c1NC(=O)CC(=O)N1CCN(c2ccccc2F)CC1. The minimum absolute atomic E-state index is 0.183. The zero-order chi connectivity index (χ0) is 20.1. The summed E-state index contributed by atoms with van der Waals surface area (Å²) in [5.41, 5.74) is 3.39. The van der Waals surface area contributed by atoms with E-state index in [1.807, 2.05) is 36.9 Å². The molecule has 5 nitrogen and oxygen atoms in total. The standard InChI is InChI=1S/C22H26FN3O2/c1-3-17-8-6-7-16(2)22(17)24-20(27)15-21(28)26-13-11-25(12-14-26)19-10-5-4-9-18(19)23/h4-10H,3,11-15H2,1-2H3,(H,24,27). The van der Waals surface area contributed by atoms with Crippen molar-refractivity contribution >= 4 is 23.2 Å². The van der Waals surface area contributed by atoms with E-state index in [-0.39, 0.29) is 24.1 Å². The maximum atomic E-state index is 13.9. The number of carbonyl (C=O) groups excluding carboxylic acids is 2. The Bertz CT molecular complexity index is 861. The van der Waals surface area contributed by atoms with Gasteiger partial charge in [0.15, 0.2) is 0 Å². The first-order chi connectivity index (χ1) is 13.5. The second-order valence-corrected chi connectivity index (χ2v) is 7.01. The molecular formula is C22H26FN3O2. The molecule has 0 atom stereocenters. The van der Waals surface area contributed by atoms with Crippen LogP contribution in [0, 0.1) is 12.7 Å². The molecule has 1 heterocycles. The highest BCUT2D eigenvalue weighted by atomic mass is 19.1. The van der Waals surface area contributed by atoms with E-state index in [4.69, 9.17) is 0 Å². The van der Waals surface area contributed by atoms with Crippen molar-refractivity contribution in [3.05, 3.63) is 59.4 Å². The van der Waals surface area contributed by atoms with E-state index in [1.165, 1.54) is 6.07 Å². The van der Waals surface area contributed by atoms with Crippen molar-refractivity contribution < 1.29 is 14.0 Å². The first-order valence-electron chi connectivity index (χ1n) is 9.65. The van der Waals surface area contributed by atoms with Gasteiger partial charge in [-0.05, 0) is 36.6 Å². The van der Waals surface area contributed by atoms with Crippen LogP contribution in [0.2, 0.25) is 0 Å².